The number of hydrogen-bond donors (Lipinski definition) is 2. The molecule has 0 amide bonds. The fourth-order valence-electron chi connectivity index (χ4n) is 2.66. The van der Waals surface area contributed by atoms with E-state index in [1.807, 2.05) is 6.07 Å². The second-order valence-corrected chi connectivity index (χ2v) is 5.37. The highest BCUT2D eigenvalue weighted by Gasteiger charge is 2.11. The van der Waals surface area contributed by atoms with Gasteiger partial charge in [0.2, 0.25) is 0 Å². The van der Waals surface area contributed by atoms with E-state index in [1.165, 1.54) is 38.9 Å². The van der Waals surface area contributed by atoms with Crippen molar-refractivity contribution in [2.45, 2.75) is 31.7 Å². The lowest BCUT2D eigenvalue weighted by atomic mass is 10.1. The highest BCUT2D eigenvalue weighted by Crippen LogP contribution is 2.17. The van der Waals surface area contributed by atoms with Crippen LogP contribution in [-0.2, 0) is 0 Å². The first-order chi connectivity index (χ1) is 9.79. The Bertz CT molecular complexity index is 449. The summed E-state index contributed by atoms with van der Waals surface area (Å²) in [6.45, 7) is 4.50. The van der Waals surface area contributed by atoms with E-state index in [9.17, 15) is 10.4 Å². The topological polar surface area (TPSA) is 59.3 Å². The van der Waals surface area contributed by atoms with Gasteiger partial charge in [0.1, 0.15) is 11.8 Å². The van der Waals surface area contributed by atoms with E-state index in [1.54, 1.807) is 18.2 Å². The smallest absolute Gasteiger partial charge is 0.121 e. The molecule has 1 aliphatic heterocycles. The molecule has 1 aliphatic rings. The lowest BCUT2D eigenvalue weighted by Gasteiger charge is -2.15. The Morgan fingerprint density at radius 2 is 2.10 bits per heavy atom. The molecular formula is C16H23N3O. The minimum Gasteiger partial charge on any atom is -0.508 e. The van der Waals surface area contributed by atoms with Gasteiger partial charge in [-0.2, -0.15) is 5.26 Å². The molecule has 1 atom stereocenters. The van der Waals surface area contributed by atoms with E-state index in [0.717, 1.165) is 18.5 Å². The number of phenols is 1. The summed E-state index contributed by atoms with van der Waals surface area (Å²) >= 11 is 0. The van der Waals surface area contributed by atoms with Crippen LogP contribution in [0.2, 0.25) is 0 Å². The van der Waals surface area contributed by atoms with Gasteiger partial charge in [0.05, 0.1) is 6.07 Å². The molecule has 1 saturated heterocycles. The Morgan fingerprint density at radius 1 is 1.30 bits per heavy atom. The van der Waals surface area contributed by atoms with Crippen molar-refractivity contribution in [2.24, 2.45) is 0 Å². The second kappa shape index (κ2) is 7.88. The molecule has 1 unspecified atom stereocenters. The molecule has 20 heavy (non-hydrogen) atoms. The van der Waals surface area contributed by atoms with Crippen LogP contribution in [0, 0.1) is 11.3 Å². The number of unbranched alkanes of at least 4 members (excludes halogenated alkanes) is 1. The number of hydrogen-bond acceptors (Lipinski definition) is 4. The van der Waals surface area contributed by atoms with Gasteiger partial charge in [-0.3, -0.25) is 5.32 Å². The minimum atomic E-state index is -0.339. The van der Waals surface area contributed by atoms with Gasteiger partial charge < -0.3 is 10.0 Å². The standard InChI is InChI=1S/C16H23N3O/c17-13-16(14-6-5-7-15(20)12-14)18-8-1-2-9-19-10-3-4-11-19/h5-7,12,16,18,20H,1-4,8-11H2. The molecule has 0 aliphatic carbocycles. The highest BCUT2D eigenvalue weighted by atomic mass is 16.3. The third kappa shape index (κ3) is 4.52. The first kappa shape index (κ1) is 14.8. The number of likely N-dealkylation sites (tertiary alicyclic amines) is 1. The molecule has 1 aromatic rings. The summed E-state index contributed by atoms with van der Waals surface area (Å²) in [7, 11) is 0. The van der Waals surface area contributed by atoms with Gasteiger partial charge in [-0.25, -0.2) is 0 Å². The maximum Gasteiger partial charge on any atom is 0.121 e. The Labute approximate surface area is 121 Å². The average Bonchev–Trinajstić information content (AvgIpc) is 2.96. The highest BCUT2D eigenvalue weighted by molar-refractivity contribution is 5.31. The number of rotatable bonds is 7. The predicted molar refractivity (Wildman–Crippen MR) is 79.4 cm³/mol. The van der Waals surface area contributed by atoms with Crippen molar-refractivity contribution in [3.63, 3.8) is 0 Å². The number of benzene rings is 1. The molecule has 0 saturated carbocycles. The van der Waals surface area contributed by atoms with Crippen LogP contribution in [0.3, 0.4) is 0 Å². The molecule has 0 radical (unpaired) electrons. The number of aromatic hydroxyl groups is 1. The molecule has 4 heteroatoms. The lowest BCUT2D eigenvalue weighted by molar-refractivity contribution is 0.328. The fourth-order valence-corrected chi connectivity index (χ4v) is 2.66. The van der Waals surface area contributed by atoms with Crippen LogP contribution >= 0.6 is 0 Å². The van der Waals surface area contributed by atoms with Crippen LogP contribution < -0.4 is 5.32 Å². The molecule has 108 valence electrons. The molecule has 1 heterocycles. The second-order valence-electron chi connectivity index (χ2n) is 5.37. The summed E-state index contributed by atoms with van der Waals surface area (Å²) in [5.74, 6) is 0.207. The van der Waals surface area contributed by atoms with Gasteiger partial charge in [-0.15, -0.1) is 0 Å². The molecule has 0 aromatic heterocycles. The monoisotopic (exact) mass is 273 g/mol. The van der Waals surface area contributed by atoms with E-state index < -0.39 is 0 Å². The predicted octanol–water partition coefficient (Wildman–Crippen LogP) is 2.42. The van der Waals surface area contributed by atoms with Gasteiger partial charge >= 0.3 is 0 Å². The largest absolute Gasteiger partial charge is 0.508 e. The number of nitrogens with zero attached hydrogens (tertiary/aromatic N) is 2. The first-order valence-electron chi connectivity index (χ1n) is 7.44. The van der Waals surface area contributed by atoms with Gasteiger partial charge in [0.15, 0.2) is 0 Å². The van der Waals surface area contributed by atoms with Crippen LogP contribution in [0.1, 0.15) is 37.3 Å². The van der Waals surface area contributed by atoms with Crippen molar-refractivity contribution < 1.29 is 5.11 Å². The summed E-state index contributed by atoms with van der Waals surface area (Å²) in [5, 5.41) is 21.9. The lowest BCUT2D eigenvalue weighted by Crippen LogP contribution is -2.24. The van der Waals surface area contributed by atoms with Crippen molar-refractivity contribution in [3.8, 4) is 11.8 Å². The maximum absolute atomic E-state index is 9.45. The van der Waals surface area contributed by atoms with E-state index in [2.05, 4.69) is 16.3 Å². The van der Waals surface area contributed by atoms with Gasteiger partial charge in [-0.1, -0.05) is 12.1 Å². The fraction of sp³-hybridized carbons (Fsp3) is 0.562. The van der Waals surface area contributed by atoms with Crippen LogP contribution in [0.25, 0.3) is 0 Å². The number of phenolic OH excluding ortho intramolecular Hbond substituents is 1. The molecule has 0 bridgehead atoms. The summed E-state index contributed by atoms with van der Waals surface area (Å²) in [6.07, 6.45) is 4.93. The minimum absolute atomic E-state index is 0.207. The quantitative estimate of drug-likeness (QED) is 0.749. The number of nitrogens with one attached hydrogen (secondary N) is 1. The van der Waals surface area contributed by atoms with Crippen LogP contribution in [0.5, 0.6) is 5.75 Å². The zero-order valence-corrected chi connectivity index (χ0v) is 11.9. The van der Waals surface area contributed by atoms with E-state index in [0.29, 0.717) is 0 Å². The summed E-state index contributed by atoms with van der Waals surface area (Å²) in [4.78, 5) is 2.51. The summed E-state index contributed by atoms with van der Waals surface area (Å²) < 4.78 is 0. The molecule has 0 spiro atoms. The Hall–Kier alpha value is -1.57. The van der Waals surface area contributed by atoms with Crippen molar-refractivity contribution >= 4 is 0 Å². The molecule has 1 aromatic carbocycles. The zero-order chi connectivity index (χ0) is 14.2. The maximum atomic E-state index is 9.45. The molecule has 1 fully saturated rings. The summed E-state index contributed by atoms with van der Waals surface area (Å²) in [5.41, 5.74) is 0.826. The van der Waals surface area contributed by atoms with Crippen molar-refractivity contribution in [3.05, 3.63) is 29.8 Å². The Kier molecular flexibility index (Phi) is 5.85. The average molecular weight is 273 g/mol. The van der Waals surface area contributed by atoms with Crippen LogP contribution in [-0.4, -0.2) is 36.2 Å². The SMILES string of the molecule is N#CC(NCCCCN1CCCC1)c1cccc(O)c1. The molecule has 4 nitrogen and oxygen atoms in total. The summed E-state index contributed by atoms with van der Waals surface area (Å²) in [6, 6.07) is 8.80. The van der Waals surface area contributed by atoms with E-state index in [4.69, 9.17) is 0 Å². The third-order valence-corrected chi connectivity index (χ3v) is 3.78. The number of nitriles is 1. The Morgan fingerprint density at radius 3 is 2.80 bits per heavy atom. The van der Waals surface area contributed by atoms with Crippen molar-refractivity contribution in [2.75, 3.05) is 26.2 Å². The molecule has 2 rings (SSSR count). The Balaban J connectivity index is 1.67. The molecule has 2 N–H and O–H groups in total. The van der Waals surface area contributed by atoms with Crippen molar-refractivity contribution in [1.82, 2.24) is 10.2 Å². The zero-order valence-electron chi connectivity index (χ0n) is 11.9. The van der Waals surface area contributed by atoms with Gasteiger partial charge in [-0.05, 0) is 69.6 Å². The van der Waals surface area contributed by atoms with Crippen LogP contribution in [0.15, 0.2) is 24.3 Å². The normalized spacial score (nSPS) is 16.9. The molecular weight excluding hydrogens is 250 g/mol. The van der Waals surface area contributed by atoms with E-state index in [-0.39, 0.29) is 11.8 Å². The first-order valence-corrected chi connectivity index (χ1v) is 7.44. The van der Waals surface area contributed by atoms with Gasteiger partial charge in [0, 0.05) is 0 Å². The van der Waals surface area contributed by atoms with Crippen LogP contribution in [0.4, 0.5) is 0 Å². The van der Waals surface area contributed by atoms with Gasteiger partial charge in [0.25, 0.3) is 0 Å². The van der Waals surface area contributed by atoms with E-state index >= 15 is 0 Å². The van der Waals surface area contributed by atoms with Crippen molar-refractivity contribution in [1.29, 1.82) is 5.26 Å². The third-order valence-electron chi connectivity index (χ3n) is 3.78.